The van der Waals surface area contributed by atoms with Crippen LogP contribution >= 0.6 is 0 Å². The molecule has 0 unspecified atom stereocenters. The topological polar surface area (TPSA) is 13.1 Å². The summed E-state index contributed by atoms with van der Waals surface area (Å²) in [7, 11) is 0. The van der Waals surface area contributed by atoms with Crippen molar-refractivity contribution >= 4 is 32.5 Å². The zero-order chi connectivity index (χ0) is 35.0. The molecule has 0 fully saturated rings. The van der Waals surface area contributed by atoms with Gasteiger partial charge >= 0.3 is 0 Å². The summed E-state index contributed by atoms with van der Waals surface area (Å²) in [6.07, 6.45) is 0. The lowest BCUT2D eigenvalue weighted by Gasteiger charge is -2.17. The van der Waals surface area contributed by atoms with Gasteiger partial charge in [-0.1, -0.05) is 133 Å². The predicted molar refractivity (Wildman–Crippen MR) is 173 cm³/mol. The molecule has 0 aliphatic rings. The molecule has 0 aliphatic heterocycles. The highest BCUT2D eigenvalue weighted by Crippen LogP contribution is 2.44. The third-order valence-corrected chi connectivity index (χ3v) is 7.46. The molecule has 192 valence electrons. The maximum atomic E-state index is 9.12. The first-order valence-electron chi connectivity index (χ1n) is 17.8. The molecule has 8 rings (SSSR count). The highest BCUT2D eigenvalue weighted by molar-refractivity contribution is 6.21. The summed E-state index contributed by atoms with van der Waals surface area (Å²) in [6, 6.07) is 29.4. The Bertz CT molecular complexity index is 2670. The molecule has 0 saturated carbocycles. The van der Waals surface area contributed by atoms with Gasteiger partial charge in [0.05, 0.1) is 12.3 Å². The summed E-state index contributed by atoms with van der Waals surface area (Å²) in [5.41, 5.74) is 4.87. The van der Waals surface area contributed by atoms with Crippen LogP contribution in [0, 0.1) is 0 Å². The van der Waals surface area contributed by atoms with Crippen LogP contribution in [0.1, 0.15) is 12.3 Å². The van der Waals surface area contributed by atoms with Gasteiger partial charge in [0, 0.05) is 10.9 Å². The van der Waals surface area contributed by atoms with E-state index in [1.165, 1.54) is 0 Å². The van der Waals surface area contributed by atoms with Gasteiger partial charge in [-0.2, -0.15) is 0 Å². The maximum absolute atomic E-state index is 9.12. The fraction of sp³-hybridized carbons (Fsp3) is 0. The Morgan fingerprint density at radius 2 is 1.05 bits per heavy atom. The Labute approximate surface area is 251 Å². The van der Waals surface area contributed by atoms with Crippen molar-refractivity contribution in [3.8, 4) is 44.7 Å². The molecule has 0 bridgehead atoms. The van der Waals surface area contributed by atoms with Crippen molar-refractivity contribution < 1.29 is 16.8 Å². The SMILES string of the molecule is [2H]c1c([2H])c([2H])c(-c2cccc(-c3cc4cc(-c5c6ccccc6c(-c6ccccc6)c6c([2H])c([2H])c([2H])c([2H])c56)ccc4o3)c2)c([2H])c1[2H]. The van der Waals surface area contributed by atoms with Crippen LogP contribution in [-0.4, -0.2) is 0 Å². The number of hydrogen-bond acceptors (Lipinski definition) is 1. The molecule has 0 atom stereocenters. The predicted octanol–water partition coefficient (Wildman–Crippen LogP) is 11.4. The molecule has 0 radical (unpaired) electrons. The zero-order valence-corrected chi connectivity index (χ0v) is 21.7. The lowest BCUT2D eigenvalue weighted by molar-refractivity contribution is 0.631. The Balaban J connectivity index is 1.35. The smallest absolute Gasteiger partial charge is 0.135 e. The standard InChI is InChI=1S/C40H26O/c1-3-12-27(13-4-1)29-16-11-17-30(24-29)38-26-32-25-31(22-23-37(32)41-38)40-35-20-9-7-18-33(35)39(28-14-5-2-6-15-28)34-19-8-10-21-36(34)40/h1-26H/i1D,3D,4D,7D,9D,12D,13D,18D,20D. The second-order valence-corrected chi connectivity index (χ2v) is 9.86. The van der Waals surface area contributed by atoms with E-state index in [2.05, 4.69) is 0 Å². The molecule has 0 amide bonds. The van der Waals surface area contributed by atoms with Gasteiger partial charge in [0.25, 0.3) is 0 Å². The number of hydrogen-bond donors (Lipinski definition) is 0. The summed E-state index contributed by atoms with van der Waals surface area (Å²) in [6.45, 7) is 0. The minimum Gasteiger partial charge on any atom is -0.456 e. The number of furan rings is 1. The maximum Gasteiger partial charge on any atom is 0.135 e. The third-order valence-electron chi connectivity index (χ3n) is 7.46. The van der Waals surface area contributed by atoms with Crippen molar-refractivity contribution in [3.05, 3.63) is 158 Å². The Morgan fingerprint density at radius 3 is 1.80 bits per heavy atom. The summed E-state index contributed by atoms with van der Waals surface area (Å²) in [4.78, 5) is 0. The molecule has 8 aromatic rings. The zero-order valence-electron chi connectivity index (χ0n) is 30.7. The van der Waals surface area contributed by atoms with E-state index in [4.69, 9.17) is 16.8 Å². The van der Waals surface area contributed by atoms with E-state index in [-0.39, 0.29) is 41.8 Å². The number of benzene rings is 7. The van der Waals surface area contributed by atoms with Crippen LogP contribution in [0.4, 0.5) is 0 Å². The van der Waals surface area contributed by atoms with Gasteiger partial charge in [0.2, 0.25) is 0 Å². The lowest BCUT2D eigenvalue weighted by atomic mass is 9.86. The minimum atomic E-state index is -0.446. The molecule has 7 aromatic carbocycles. The molecular formula is C40H26O. The molecular weight excluding hydrogens is 496 g/mol. The van der Waals surface area contributed by atoms with Gasteiger partial charge in [0.15, 0.2) is 0 Å². The third kappa shape index (κ3) is 4.02. The van der Waals surface area contributed by atoms with Gasteiger partial charge in [-0.15, -0.1) is 0 Å². The van der Waals surface area contributed by atoms with Crippen LogP contribution < -0.4 is 0 Å². The largest absolute Gasteiger partial charge is 0.456 e. The average molecular weight is 532 g/mol. The second kappa shape index (κ2) is 9.66. The Hall–Kier alpha value is -5.40. The first-order chi connectivity index (χ1) is 24.1. The summed E-state index contributed by atoms with van der Waals surface area (Å²) < 4.78 is 82.6. The van der Waals surface area contributed by atoms with Crippen LogP contribution in [0.2, 0.25) is 0 Å². The van der Waals surface area contributed by atoms with Crippen LogP contribution in [0.25, 0.3) is 77.2 Å². The molecule has 0 saturated heterocycles. The van der Waals surface area contributed by atoms with Crippen molar-refractivity contribution in [2.45, 2.75) is 0 Å². The summed E-state index contributed by atoms with van der Waals surface area (Å²) in [5.74, 6) is 0.516. The molecule has 1 heteroatoms. The van der Waals surface area contributed by atoms with E-state index in [0.717, 1.165) is 32.8 Å². The Kier molecular flexibility index (Phi) is 3.77. The molecule has 1 heterocycles. The monoisotopic (exact) mass is 531 g/mol. The van der Waals surface area contributed by atoms with Gasteiger partial charge in [-0.3, -0.25) is 0 Å². The summed E-state index contributed by atoms with van der Waals surface area (Å²) >= 11 is 0. The Morgan fingerprint density at radius 1 is 0.415 bits per heavy atom. The van der Waals surface area contributed by atoms with Crippen LogP contribution in [0.5, 0.6) is 0 Å². The van der Waals surface area contributed by atoms with Crippen LogP contribution in [-0.2, 0) is 0 Å². The van der Waals surface area contributed by atoms with Crippen molar-refractivity contribution in [2.24, 2.45) is 0 Å². The van der Waals surface area contributed by atoms with Gasteiger partial charge in [-0.05, 0) is 79.2 Å². The highest BCUT2D eigenvalue weighted by Gasteiger charge is 2.17. The van der Waals surface area contributed by atoms with Crippen molar-refractivity contribution in [3.63, 3.8) is 0 Å². The normalized spacial score (nSPS) is 14.5. The fourth-order valence-corrected chi connectivity index (χ4v) is 5.64. The molecule has 1 nitrogen and oxygen atoms in total. The lowest BCUT2D eigenvalue weighted by Crippen LogP contribution is -1.90. The highest BCUT2D eigenvalue weighted by atomic mass is 16.3. The van der Waals surface area contributed by atoms with E-state index in [1.54, 1.807) is 18.2 Å². The van der Waals surface area contributed by atoms with Gasteiger partial charge in [0.1, 0.15) is 11.3 Å². The van der Waals surface area contributed by atoms with E-state index >= 15 is 0 Å². The van der Waals surface area contributed by atoms with Crippen molar-refractivity contribution in [1.82, 2.24) is 0 Å². The van der Waals surface area contributed by atoms with Crippen LogP contribution in [0.3, 0.4) is 0 Å². The minimum absolute atomic E-state index is 0.0995. The summed E-state index contributed by atoms with van der Waals surface area (Å²) in [5, 5.41) is 3.36. The van der Waals surface area contributed by atoms with Crippen molar-refractivity contribution in [1.29, 1.82) is 0 Å². The van der Waals surface area contributed by atoms with E-state index in [0.29, 0.717) is 38.8 Å². The van der Waals surface area contributed by atoms with E-state index < -0.39 is 18.1 Å². The quantitative estimate of drug-likeness (QED) is 0.206. The van der Waals surface area contributed by atoms with E-state index in [9.17, 15) is 0 Å². The number of fused-ring (bicyclic) bond motifs is 3. The van der Waals surface area contributed by atoms with Gasteiger partial charge in [-0.25, -0.2) is 0 Å². The van der Waals surface area contributed by atoms with Crippen molar-refractivity contribution in [2.75, 3.05) is 0 Å². The molecule has 0 N–H and O–H groups in total. The second-order valence-electron chi connectivity index (χ2n) is 9.86. The first kappa shape index (κ1) is 16.0. The fourth-order valence-electron chi connectivity index (χ4n) is 5.64. The number of rotatable bonds is 4. The van der Waals surface area contributed by atoms with E-state index in [1.807, 2.05) is 84.9 Å². The molecule has 1 aromatic heterocycles. The molecule has 41 heavy (non-hydrogen) atoms. The average Bonchev–Trinajstić information content (AvgIpc) is 3.58. The molecule has 0 spiro atoms. The first-order valence-corrected chi connectivity index (χ1v) is 13.3. The van der Waals surface area contributed by atoms with Crippen LogP contribution in [0.15, 0.2) is 162 Å². The van der Waals surface area contributed by atoms with Gasteiger partial charge < -0.3 is 4.42 Å². The molecule has 0 aliphatic carbocycles.